The van der Waals surface area contributed by atoms with E-state index >= 15 is 0 Å². The van der Waals surface area contributed by atoms with Crippen molar-refractivity contribution in [2.75, 3.05) is 0 Å². The second-order valence-electron chi connectivity index (χ2n) is 8.26. The predicted octanol–water partition coefficient (Wildman–Crippen LogP) is 4.24. The molecule has 30 heavy (non-hydrogen) atoms. The van der Waals surface area contributed by atoms with E-state index in [4.69, 9.17) is 0 Å². The summed E-state index contributed by atoms with van der Waals surface area (Å²) >= 11 is 0. The van der Waals surface area contributed by atoms with Gasteiger partial charge in [0.25, 0.3) is 0 Å². The molecule has 1 aromatic heterocycles. The number of hydrogen-bond donors (Lipinski definition) is 2. The second-order valence-corrected chi connectivity index (χ2v) is 8.26. The summed E-state index contributed by atoms with van der Waals surface area (Å²) in [6, 6.07) is 25.2. The Morgan fingerprint density at radius 3 is 1.80 bits per heavy atom. The smallest absolute Gasteiger partial charge is 0.198 e. The standard InChI is InChI=1S/C27H28N2O/c1-19-14-15-20(2)26-25(19)27(30)24(21(3)28-26)18-29(16-22-10-6-4-7-11-22)17-23-12-8-5-9-13-23/h4-15H,16-18H2,1-3H3,(H,28,30)/p+1. The molecule has 0 bridgehead atoms. The minimum absolute atomic E-state index is 0.168. The summed E-state index contributed by atoms with van der Waals surface area (Å²) in [6.07, 6.45) is 0. The van der Waals surface area contributed by atoms with Crippen molar-refractivity contribution in [3.8, 4) is 0 Å². The van der Waals surface area contributed by atoms with Gasteiger partial charge in [0.15, 0.2) is 5.43 Å². The lowest BCUT2D eigenvalue weighted by Crippen LogP contribution is -3.08. The number of aromatic nitrogens is 1. The van der Waals surface area contributed by atoms with E-state index in [0.717, 1.165) is 46.4 Å². The molecular formula is C27H29N2O+. The third-order valence-corrected chi connectivity index (χ3v) is 5.91. The number of hydrogen-bond acceptors (Lipinski definition) is 1. The monoisotopic (exact) mass is 397 g/mol. The zero-order valence-corrected chi connectivity index (χ0v) is 18.0. The first-order chi connectivity index (χ1) is 14.5. The van der Waals surface area contributed by atoms with Crippen LogP contribution in [-0.2, 0) is 19.6 Å². The van der Waals surface area contributed by atoms with Crippen LogP contribution >= 0.6 is 0 Å². The van der Waals surface area contributed by atoms with Crippen LogP contribution in [0.1, 0.15) is 33.5 Å². The molecule has 3 aromatic carbocycles. The quantitative estimate of drug-likeness (QED) is 0.502. The number of H-pyrrole nitrogens is 1. The summed E-state index contributed by atoms with van der Waals surface area (Å²) in [5, 5.41) is 0.828. The Labute approximate surface area is 178 Å². The molecule has 0 atom stereocenters. The second kappa shape index (κ2) is 8.68. The minimum Gasteiger partial charge on any atom is -0.358 e. The lowest BCUT2D eigenvalue weighted by atomic mass is 10.0. The van der Waals surface area contributed by atoms with E-state index in [1.165, 1.54) is 16.0 Å². The molecule has 0 aliphatic carbocycles. The molecule has 3 nitrogen and oxygen atoms in total. The first kappa shape index (κ1) is 20.1. The zero-order valence-electron chi connectivity index (χ0n) is 18.0. The van der Waals surface area contributed by atoms with Crippen LogP contribution in [0.15, 0.2) is 77.6 Å². The Balaban J connectivity index is 1.74. The largest absolute Gasteiger partial charge is 0.358 e. The fourth-order valence-corrected chi connectivity index (χ4v) is 4.27. The first-order valence-corrected chi connectivity index (χ1v) is 10.6. The molecule has 2 N–H and O–H groups in total. The Morgan fingerprint density at radius 1 is 0.700 bits per heavy atom. The average Bonchev–Trinajstić information content (AvgIpc) is 2.75. The minimum atomic E-state index is 0.168. The SMILES string of the molecule is Cc1[nH]c2c(C)ccc(C)c2c(=O)c1C[NH+](Cc1ccccc1)Cc1ccccc1. The number of nitrogens with one attached hydrogen (secondary N) is 2. The van der Waals surface area contributed by atoms with Gasteiger partial charge >= 0.3 is 0 Å². The van der Waals surface area contributed by atoms with Crippen molar-refractivity contribution in [1.82, 2.24) is 4.98 Å². The summed E-state index contributed by atoms with van der Waals surface area (Å²) in [5.74, 6) is 0. The number of aryl methyl sites for hydroxylation is 3. The fourth-order valence-electron chi connectivity index (χ4n) is 4.27. The highest BCUT2D eigenvalue weighted by atomic mass is 16.1. The zero-order chi connectivity index (χ0) is 21.1. The van der Waals surface area contributed by atoms with Gasteiger partial charge in [-0.05, 0) is 31.9 Å². The van der Waals surface area contributed by atoms with Crippen LogP contribution in [0.2, 0.25) is 0 Å². The molecule has 1 heterocycles. The van der Waals surface area contributed by atoms with E-state index in [2.05, 4.69) is 66.5 Å². The molecule has 4 rings (SSSR count). The van der Waals surface area contributed by atoms with Crippen LogP contribution < -0.4 is 10.3 Å². The van der Waals surface area contributed by atoms with Crippen molar-refractivity contribution in [2.45, 2.75) is 40.4 Å². The number of quaternary nitrogens is 1. The molecule has 0 aliphatic heterocycles. The summed E-state index contributed by atoms with van der Waals surface area (Å²) in [4.78, 5) is 18.4. The van der Waals surface area contributed by atoms with Crippen molar-refractivity contribution in [3.63, 3.8) is 0 Å². The van der Waals surface area contributed by atoms with Crippen molar-refractivity contribution in [3.05, 3.63) is 117 Å². The van der Waals surface area contributed by atoms with E-state index in [-0.39, 0.29) is 5.43 Å². The maximum atomic E-state index is 13.5. The predicted molar refractivity (Wildman–Crippen MR) is 124 cm³/mol. The molecule has 0 aliphatic rings. The first-order valence-electron chi connectivity index (χ1n) is 10.6. The van der Waals surface area contributed by atoms with Gasteiger partial charge in [-0.15, -0.1) is 0 Å². The normalized spacial score (nSPS) is 11.3. The van der Waals surface area contributed by atoms with Gasteiger partial charge in [0.05, 0.1) is 11.1 Å². The number of benzene rings is 3. The Kier molecular flexibility index (Phi) is 5.82. The van der Waals surface area contributed by atoms with Crippen molar-refractivity contribution in [2.24, 2.45) is 0 Å². The highest BCUT2D eigenvalue weighted by molar-refractivity contribution is 5.85. The molecule has 4 aromatic rings. The molecule has 0 fully saturated rings. The fraction of sp³-hybridized carbons (Fsp3) is 0.222. The van der Waals surface area contributed by atoms with Gasteiger partial charge in [-0.1, -0.05) is 72.8 Å². The topological polar surface area (TPSA) is 37.3 Å². The van der Waals surface area contributed by atoms with Gasteiger partial charge in [0.2, 0.25) is 0 Å². The van der Waals surface area contributed by atoms with E-state index in [1.807, 2.05) is 32.0 Å². The summed E-state index contributed by atoms with van der Waals surface area (Å²) in [7, 11) is 0. The van der Waals surface area contributed by atoms with E-state index in [9.17, 15) is 4.79 Å². The molecule has 3 heteroatoms. The van der Waals surface area contributed by atoms with Crippen molar-refractivity contribution < 1.29 is 4.90 Å². The third-order valence-electron chi connectivity index (χ3n) is 5.91. The molecule has 0 saturated carbocycles. The maximum Gasteiger partial charge on any atom is 0.198 e. The lowest BCUT2D eigenvalue weighted by molar-refractivity contribution is -0.941. The highest BCUT2D eigenvalue weighted by Gasteiger charge is 2.19. The van der Waals surface area contributed by atoms with Crippen LogP contribution in [-0.4, -0.2) is 4.98 Å². The Bertz CT molecular complexity index is 1170. The van der Waals surface area contributed by atoms with Crippen LogP contribution in [0.4, 0.5) is 0 Å². The molecule has 0 radical (unpaired) electrons. The summed E-state index contributed by atoms with van der Waals surface area (Å²) in [5.41, 5.74) is 7.70. The Hall–Kier alpha value is -3.17. The van der Waals surface area contributed by atoms with Crippen LogP contribution in [0.5, 0.6) is 0 Å². The van der Waals surface area contributed by atoms with Gasteiger partial charge < -0.3 is 9.88 Å². The molecule has 152 valence electrons. The molecule has 0 saturated heterocycles. The maximum absolute atomic E-state index is 13.5. The molecule has 0 amide bonds. The average molecular weight is 398 g/mol. The van der Waals surface area contributed by atoms with E-state index in [0.29, 0.717) is 6.54 Å². The lowest BCUT2D eigenvalue weighted by Gasteiger charge is -2.21. The van der Waals surface area contributed by atoms with Crippen LogP contribution in [0.3, 0.4) is 0 Å². The number of aromatic amines is 1. The number of rotatable bonds is 6. The third kappa shape index (κ3) is 4.22. The van der Waals surface area contributed by atoms with E-state index < -0.39 is 0 Å². The molecule has 0 spiro atoms. The summed E-state index contributed by atoms with van der Waals surface area (Å²) < 4.78 is 0. The van der Waals surface area contributed by atoms with Gasteiger partial charge in [-0.25, -0.2) is 0 Å². The highest BCUT2D eigenvalue weighted by Crippen LogP contribution is 2.19. The van der Waals surface area contributed by atoms with Crippen molar-refractivity contribution >= 4 is 10.9 Å². The van der Waals surface area contributed by atoms with Gasteiger partial charge in [-0.2, -0.15) is 0 Å². The van der Waals surface area contributed by atoms with Crippen LogP contribution in [0.25, 0.3) is 10.9 Å². The molecular weight excluding hydrogens is 368 g/mol. The summed E-state index contributed by atoms with van der Waals surface area (Å²) in [6.45, 7) is 8.54. The van der Waals surface area contributed by atoms with Crippen molar-refractivity contribution in [1.29, 1.82) is 0 Å². The van der Waals surface area contributed by atoms with Gasteiger partial charge in [-0.3, -0.25) is 4.79 Å². The van der Waals surface area contributed by atoms with Gasteiger partial charge in [0.1, 0.15) is 19.6 Å². The van der Waals surface area contributed by atoms with Gasteiger partial charge in [0, 0.05) is 22.2 Å². The van der Waals surface area contributed by atoms with E-state index in [1.54, 1.807) is 0 Å². The Morgan fingerprint density at radius 2 is 1.23 bits per heavy atom. The number of fused-ring (bicyclic) bond motifs is 1. The number of pyridine rings is 1. The molecule has 0 unspecified atom stereocenters. The van der Waals surface area contributed by atoms with Crippen LogP contribution in [0, 0.1) is 20.8 Å².